The van der Waals surface area contributed by atoms with Crippen LogP contribution in [0.1, 0.15) is 330 Å². The fourth-order valence-corrected chi connectivity index (χ4v) is 7.38. The van der Waals surface area contributed by atoms with E-state index < -0.39 is 36.3 Å². The van der Waals surface area contributed by atoms with Gasteiger partial charge in [-0.1, -0.05) is 273 Å². The molecule has 88 heavy (non-hydrogen) atoms. The van der Waals surface area contributed by atoms with Crippen LogP contribution in [0.5, 0.6) is 0 Å². The molecule has 8 atom stereocenters. The molecule has 516 valence electrons. The third-order valence-electron chi connectivity index (χ3n) is 12.5. The largest absolute Gasteiger partial charge is 0.540 e. The third kappa shape index (κ3) is 98.3. The Bertz CT molecular complexity index is 1200. The quantitative estimate of drug-likeness (QED) is 0.0249. The molecule has 0 aromatic carbocycles. The molecule has 14 nitrogen and oxygen atoms in total. The Morgan fingerprint density at radius 1 is 0.295 bits per heavy atom. The maximum absolute atomic E-state index is 11.8. The third-order valence-corrected chi connectivity index (χ3v) is 12.5. The summed E-state index contributed by atoms with van der Waals surface area (Å²) in [7, 11) is 0. The van der Waals surface area contributed by atoms with E-state index in [2.05, 4.69) is 76.7 Å². The summed E-state index contributed by atoms with van der Waals surface area (Å²) in [4.78, 5) is 90.2. The van der Waals surface area contributed by atoms with Crippen LogP contribution < -0.4 is 32.7 Å². The number of hydrogen-bond donors (Lipinski definition) is 6. The van der Waals surface area contributed by atoms with Crippen molar-refractivity contribution in [2.45, 2.75) is 366 Å². The molecule has 4 amide bonds. The standard InChI is InChI=1S/2C15H28NO2.2C14H27N2O2.4C3H7.4La/c2*1-4-6-8-10-13(3)15(18)16-14(12-17)11-9-7-5-2;2*1-3-5-7-9-12(11-17)16-14(18)13(15)10-8-6-4-2;4*1-3-2;;;;/h2*13-14H,4-11H2,1-3H3,(H,16,18);2*12-13H,3-10,15H2,1-2H3,(H,16,18);4*3H,1-2H3;;;;/q8*-1;;;;. The van der Waals surface area contributed by atoms with E-state index in [1.807, 2.05) is 120 Å². The van der Waals surface area contributed by atoms with Gasteiger partial charge in [0.25, 0.3) is 0 Å². The zero-order valence-corrected chi connectivity index (χ0v) is 74.8. The molecule has 0 aromatic rings. The van der Waals surface area contributed by atoms with Crippen LogP contribution in [0.15, 0.2) is 0 Å². The Morgan fingerprint density at radius 2 is 0.443 bits per heavy atom. The zero-order valence-electron chi connectivity index (χ0n) is 60.3. The molecule has 8 unspecified atom stereocenters. The molecule has 18 heteroatoms. The average Bonchev–Trinajstić information content (AvgIpc) is 3.47. The van der Waals surface area contributed by atoms with Crippen molar-refractivity contribution in [1.29, 1.82) is 0 Å². The predicted molar refractivity (Wildman–Crippen MR) is 361 cm³/mol. The van der Waals surface area contributed by atoms with Crippen molar-refractivity contribution in [1.82, 2.24) is 21.3 Å². The molecule has 0 saturated carbocycles. The Kier molecular flexibility index (Phi) is 135. The Hall–Kier alpha value is 1.26. The van der Waals surface area contributed by atoms with Crippen LogP contribution in [0.4, 0.5) is 0 Å². The van der Waals surface area contributed by atoms with Crippen molar-refractivity contribution >= 4 is 48.8 Å². The Morgan fingerprint density at radius 3 is 0.602 bits per heavy atom. The molecule has 0 aliphatic carbocycles. The molecule has 0 rings (SSSR count). The van der Waals surface area contributed by atoms with E-state index in [1.165, 1.54) is 0 Å². The molecule has 0 saturated heterocycles. The number of rotatable bonds is 44. The first kappa shape index (κ1) is 116. The van der Waals surface area contributed by atoms with E-state index >= 15 is 0 Å². The van der Waals surface area contributed by atoms with Crippen LogP contribution in [0, 0.1) is 180 Å². The molecule has 0 aliphatic heterocycles. The summed E-state index contributed by atoms with van der Waals surface area (Å²) in [6.45, 7) is 36.8. The summed E-state index contributed by atoms with van der Waals surface area (Å²) in [5.74, 6) is -0.462. The van der Waals surface area contributed by atoms with Crippen LogP contribution in [0.3, 0.4) is 0 Å². The molecule has 0 spiro atoms. The van der Waals surface area contributed by atoms with Gasteiger partial charge >= 0.3 is 0 Å². The van der Waals surface area contributed by atoms with Gasteiger partial charge in [-0.25, -0.2) is 25.1 Å². The van der Waals surface area contributed by atoms with Crippen molar-refractivity contribution in [3.05, 3.63) is 25.7 Å². The van der Waals surface area contributed by atoms with Crippen LogP contribution in [-0.4, -0.2) is 85.0 Å². The summed E-state index contributed by atoms with van der Waals surface area (Å²) in [6, 6.07) is -2.84. The van der Waals surface area contributed by atoms with Crippen LogP contribution >= 0.6 is 0 Å². The van der Waals surface area contributed by atoms with Gasteiger partial charge in [0.1, 0.15) is 0 Å². The molecule has 0 aliphatic rings. The molecular formula is C70H138La4N6O8-8. The molecule has 0 bridgehead atoms. The van der Waals surface area contributed by atoms with Gasteiger partial charge in [-0.3, -0.25) is 19.2 Å². The second-order valence-corrected chi connectivity index (χ2v) is 22.0. The van der Waals surface area contributed by atoms with Crippen molar-refractivity contribution in [3.63, 3.8) is 0 Å². The first-order valence-electron chi connectivity index (χ1n) is 33.5. The van der Waals surface area contributed by atoms with E-state index in [-0.39, 0.29) is 178 Å². The van der Waals surface area contributed by atoms with Gasteiger partial charge < -0.3 is 77.6 Å². The van der Waals surface area contributed by atoms with Crippen LogP contribution in [0.25, 0.3) is 0 Å². The van der Waals surface area contributed by atoms with Crippen molar-refractivity contribution in [2.75, 3.05) is 0 Å². The van der Waals surface area contributed by atoms with E-state index in [4.69, 9.17) is 11.5 Å². The predicted octanol–water partition coefficient (Wildman–Crippen LogP) is 15.8. The van der Waals surface area contributed by atoms with Crippen molar-refractivity contribution in [3.8, 4) is 0 Å². The molecule has 0 heterocycles. The maximum atomic E-state index is 11.8. The zero-order chi connectivity index (χ0) is 66.0. The molecule has 0 aromatic heterocycles. The fraction of sp³-hybridized carbons (Fsp3) is 0.829. The van der Waals surface area contributed by atoms with Crippen molar-refractivity contribution < 1.29 is 181 Å². The number of nitrogens with one attached hydrogen (secondary N) is 4. The maximum Gasteiger partial charge on any atom is 0.234 e. The topological polar surface area (TPSA) is 237 Å². The summed E-state index contributed by atoms with van der Waals surface area (Å²) in [5.41, 5.74) is 11.5. The number of unbranched alkanes of at least 4 members (excludes halogenated alkanes) is 16. The molecular weight excluding hydrogens is 1610 g/mol. The monoisotopic (exact) mass is 1750 g/mol. The number of hydrogen-bond acceptors (Lipinski definition) is 10. The first-order chi connectivity index (χ1) is 40.3. The van der Waals surface area contributed by atoms with Gasteiger partial charge in [-0.05, 0) is 25.7 Å². The molecule has 0 fully saturated rings. The van der Waals surface area contributed by atoms with Gasteiger partial charge in [0.2, 0.25) is 23.6 Å². The minimum atomic E-state index is -0.501. The van der Waals surface area contributed by atoms with Crippen LogP contribution in [-0.2, 0) is 38.4 Å². The van der Waals surface area contributed by atoms with Gasteiger partial charge in [-0.15, -0.1) is 0 Å². The summed E-state index contributed by atoms with van der Waals surface area (Å²) < 4.78 is 0. The SMILES string of the molecule is CCCCCC([C-]=O)NC(=O)C(C)CCCCC.CCCCCC([C-]=O)NC(=O)C(C)CCCCC.CCCCCC([C-]=O)NC(=O)C(N)CCCCC.CCCCCC([C-]=O)NC(=O)C(N)CCCCC.C[CH-]C.C[CH-]C.C[CH-]C.C[CH-]C.[La].[La].[La].[La]. The Labute approximate surface area is 658 Å². The van der Waals surface area contributed by atoms with Gasteiger partial charge in [0.05, 0.1) is 12.1 Å². The summed E-state index contributed by atoms with van der Waals surface area (Å²) in [5, 5.41) is 10.9. The van der Waals surface area contributed by atoms with Crippen LogP contribution in [0.2, 0.25) is 0 Å². The number of carbonyl (C=O) groups excluding carboxylic acids is 8. The molecule has 8 N–H and O–H groups in total. The van der Waals surface area contributed by atoms with Gasteiger partial charge in [0, 0.05) is 154 Å². The summed E-state index contributed by atoms with van der Waals surface area (Å²) in [6.07, 6.45) is 47.2. The second kappa shape index (κ2) is 102. The van der Waals surface area contributed by atoms with E-state index in [1.54, 1.807) is 0 Å². The van der Waals surface area contributed by atoms with E-state index in [0.29, 0.717) is 38.5 Å². The Balaban J connectivity index is -0.0000000810. The average molecular weight is 1750 g/mol. The second-order valence-electron chi connectivity index (χ2n) is 22.0. The van der Waals surface area contributed by atoms with Gasteiger partial charge in [0.15, 0.2) is 0 Å². The number of amides is 4. The fourth-order valence-electron chi connectivity index (χ4n) is 7.38. The summed E-state index contributed by atoms with van der Waals surface area (Å²) >= 11 is 0. The first-order valence-corrected chi connectivity index (χ1v) is 33.5. The normalized spacial score (nSPS) is 12.2. The van der Waals surface area contributed by atoms with Gasteiger partial charge in [-0.2, -0.15) is 55.4 Å². The van der Waals surface area contributed by atoms with E-state index in [0.717, 1.165) is 167 Å². The number of nitrogens with two attached hydrogens (primary N) is 2. The minimum Gasteiger partial charge on any atom is -0.540 e. The van der Waals surface area contributed by atoms with Crippen molar-refractivity contribution in [2.24, 2.45) is 23.3 Å². The molecule has 4 radical (unpaired) electrons. The minimum absolute atomic E-state index is 0. The van der Waals surface area contributed by atoms with E-state index in [9.17, 15) is 38.4 Å². The number of carbonyl (C=O) groups is 4. The smallest absolute Gasteiger partial charge is 0.234 e.